The van der Waals surface area contributed by atoms with Gasteiger partial charge in [-0.3, -0.25) is 4.79 Å². The summed E-state index contributed by atoms with van der Waals surface area (Å²) in [6.45, 7) is 3.69. The Morgan fingerprint density at radius 2 is 2.30 bits per heavy atom. The van der Waals surface area contributed by atoms with Crippen molar-refractivity contribution in [3.63, 3.8) is 0 Å². The summed E-state index contributed by atoms with van der Waals surface area (Å²) in [6.07, 6.45) is 1.81. The van der Waals surface area contributed by atoms with Gasteiger partial charge in [0, 0.05) is 13.0 Å². The summed E-state index contributed by atoms with van der Waals surface area (Å²) in [7, 11) is 0. The highest BCUT2D eigenvalue weighted by Crippen LogP contribution is 2.35. The van der Waals surface area contributed by atoms with E-state index in [4.69, 9.17) is 0 Å². The molecule has 1 heterocycles. The Hall–Kier alpha value is -1.39. The minimum absolute atomic E-state index is 0.0748. The molecule has 0 aromatic heterocycles. The van der Waals surface area contributed by atoms with Gasteiger partial charge in [0.05, 0.1) is 17.6 Å². The van der Waals surface area contributed by atoms with Gasteiger partial charge in [-0.05, 0) is 30.5 Å². The minimum atomic E-state index is -0.514. The van der Waals surface area contributed by atoms with Gasteiger partial charge >= 0.3 is 0 Å². The molecular weight excluding hydrogens is 252 g/mol. The normalized spacial score (nSPS) is 32.1. The van der Waals surface area contributed by atoms with Gasteiger partial charge in [-0.15, -0.1) is 0 Å². The van der Waals surface area contributed by atoms with Crippen LogP contribution in [0.5, 0.6) is 0 Å². The van der Waals surface area contributed by atoms with E-state index < -0.39 is 6.10 Å². The summed E-state index contributed by atoms with van der Waals surface area (Å²) in [4.78, 5) is 12.6. The first-order valence-corrected chi connectivity index (χ1v) is 7.44. The maximum Gasteiger partial charge on any atom is 0.228 e. The van der Waals surface area contributed by atoms with E-state index in [0.717, 1.165) is 37.1 Å². The lowest BCUT2D eigenvalue weighted by Gasteiger charge is -2.28. The number of hydrogen-bond acceptors (Lipinski definition) is 3. The zero-order valence-electron chi connectivity index (χ0n) is 11.9. The van der Waals surface area contributed by atoms with E-state index in [1.165, 1.54) is 0 Å². The van der Waals surface area contributed by atoms with Gasteiger partial charge in [0.1, 0.15) is 0 Å². The summed E-state index contributed by atoms with van der Waals surface area (Å²) in [6, 6.07) is 7.70. The van der Waals surface area contributed by atoms with E-state index >= 15 is 0 Å². The Morgan fingerprint density at radius 1 is 1.50 bits per heavy atom. The minimum Gasteiger partial charge on any atom is -0.390 e. The second-order valence-corrected chi connectivity index (χ2v) is 5.98. The number of amides is 1. The fourth-order valence-electron chi connectivity index (χ4n) is 3.44. The molecule has 1 aliphatic carbocycles. The molecule has 108 valence electrons. The molecule has 1 saturated heterocycles. The van der Waals surface area contributed by atoms with Crippen LogP contribution in [0.15, 0.2) is 24.3 Å². The molecule has 0 spiro atoms. The molecule has 2 aliphatic rings. The summed E-state index contributed by atoms with van der Waals surface area (Å²) in [5.74, 6) is 0.0748. The largest absolute Gasteiger partial charge is 0.390 e. The zero-order chi connectivity index (χ0) is 14.2. The van der Waals surface area contributed by atoms with Crippen LogP contribution < -0.4 is 10.6 Å². The number of rotatable bonds is 3. The van der Waals surface area contributed by atoms with Crippen LogP contribution in [0.4, 0.5) is 0 Å². The van der Waals surface area contributed by atoms with Crippen LogP contribution in [0.2, 0.25) is 0 Å². The van der Waals surface area contributed by atoms with E-state index in [1.54, 1.807) is 0 Å². The molecule has 1 aromatic rings. The lowest BCUT2D eigenvalue weighted by atomic mass is 9.83. The van der Waals surface area contributed by atoms with Crippen molar-refractivity contribution in [1.29, 1.82) is 0 Å². The molecular formula is C16H22N2O2. The lowest BCUT2D eigenvalue weighted by Crippen LogP contribution is -2.45. The summed E-state index contributed by atoms with van der Waals surface area (Å²) >= 11 is 0. The van der Waals surface area contributed by atoms with E-state index in [9.17, 15) is 9.90 Å². The SMILES string of the molecule is CCC1(C(=O)N[C@H]2c3ccccc3C[C@H]2O)CCNC1. The molecule has 1 unspecified atom stereocenters. The number of benzene rings is 1. The molecule has 3 atom stereocenters. The molecule has 1 aromatic carbocycles. The standard InChI is InChI=1S/C16H22N2O2/c1-2-16(7-8-17-10-16)15(20)18-14-12-6-4-3-5-11(12)9-13(14)19/h3-6,13-14,17,19H,2,7-10H2,1H3,(H,18,20)/t13-,14+,16?/m1/s1. The van der Waals surface area contributed by atoms with Gasteiger partial charge in [0.15, 0.2) is 0 Å². The average molecular weight is 274 g/mol. The number of aliphatic hydroxyl groups excluding tert-OH is 1. The highest BCUT2D eigenvalue weighted by molar-refractivity contribution is 5.84. The Bertz CT molecular complexity index is 509. The third kappa shape index (κ3) is 2.13. The van der Waals surface area contributed by atoms with Crippen molar-refractivity contribution in [2.45, 2.75) is 38.3 Å². The highest BCUT2D eigenvalue weighted by Gasteiger charge is 2.42. The van der Waals surface area contributed by atoms with Gasteiger partial charge in [-0.1, -0.05) is 31.2 Å². The third-order valence-corrected chi connectivity index (χ3v) is 4.89. The lowest BCUT2D eigenvalue weighted by molar-refractivity contribution is -0.131. The van der Waals surface area contributed by atoms with Crippen LogP contribution in [0.3, 0.4) is 0 Å². The quantitative estimate of drug-likeness (QED) is 0.775. The number of nitrogens with one attached hydrogen (secondary N) is 2. The molecule has 1 aliphatic heterocycles. The fraction of sp³-hybridized carbons (Fsp3) is 0.562. The molecule has 3 N–H and O–H groups in total. The first-order chi connectivity index (χ1) is 9.66. The predicted octanol–water partition coefficient (Wildman–Crippen LogP) is 1.15. The number of carbonyl (C=O) groups is 1. The van der Waals surface area contributed by atoms with E-state index in [2.05, 4.69) is 17.6 Å². The summed E-state index contributed by atoms with van der Waals surface area (Å²) in [5.41, 5.74) is 1.89. The van der Waals surface area contributed by atoms with Crippen LogP contribution in [0, 0.1) is 5.41 Å². The van der Waals surface area contributed by atoms with Crippen molar-refractivity contribution in [3.05, 3.63) is 35.4 Å². The molecule has 20 heavy (non-hydrogen) atoms. The van der Waals surface area contributed by atoms with E-state index in [0.29, 0.717) is 6.42 Å². The first-order valence-electron chi connectivity index (χ1n) is 7.44. The van der Waals surface area contributed by atoms with Crippen LogP contribution >= 0.6 is 0 Å². The molecule has 1 fully saturated rings. The predicted molar refractivity (Wildman–Crippen MR) is 77.2 cm³/mol. The maximum atomic E-state index is 12.6. The number of hydrogen-bond donors (Lipinski definition) is 3. The van der Waals surface area contributed by atoms with E-state index in [-0.39, 0.29) is 17.4 Å². The highest BCUT2D eigenvalue weighted by atomic mass is 16.3. The van der Waals surface area contributed by atoms with Gasteiger partial charge in [0.25, 0.3) is 0 Å². The van der Waals surface area contributed by atoms with Crippen molar-refractivity contribution < 1.29 is 9.90 Å². The van der Waals surface area contributed by atoms with Crippen molar-refractivity contribution in [1.82, 2.24) is 10.6 Å². The molecule has 1 amide bonds. The van der Waals surface area contributed by atoms with Crippen LogP contribution in [0.1, 0.15) is 36.9 Å². The smallest absolute Gasteiger partial charge is 0.228 e. The Kier molecular flexibility index (Phi) is 3.52. The Morgan fingerprint density at radius 3 is 3.00 bits per heavy atom. The summed E-state index contributed by atoms with van der Waals surface area (Å²) < 4.78 is 0. The number of carbonyl (C=O) groups excluding carboxylic acids is 1. The monoisotopic (exact) mass is 274 g/mol. The molecule has 3 rings (SSSR count). The maximum absolute atomic E-state index is 12.6. The fourth-order valence-corrected chi connectivity index (χ4v) is 3.44. The van der Waals surface area contributed by atoms with Gasteiger partial charge in [-0.25, -0.2) is 0 Å². The number of fused-ring (bicyclic) bond motifs is 1. The van der Waals surface area contributed by atoms with Crippen LogP contribution in [-0.4, -0.2) is 30.2 Å². The molecule has 0 bridgehead atoms. The van der Waals surface area contributed by atoms with Crippen molar-refractivity contribution >= 4 is 5.91 Å². The Labute approximate surface area is 119 Å². The number of aliphatic hydroxyl groups is 1. The zero-order valence-corrected chi connectivity index (χ0v) is 11.9. The molecule has 4 nitrogen and oxygen atoms in total. The second kappa shape index (κ2) is 5.19. The van der Waals surface area contributed by atoms with Crippen molar-refractivity contribution in [3.8, 4) is 0 Å². The van der Waals surface area contributed by atoms with Gasteiger partial charge in [0.2, 0.25) is 5.91 Å². The Balaban J connectivity index is 1.79. The van der Waals surface area contributed by atoms with Crippen molar-refractivity contribution in [2.24, 2.45) is 5.41 Å². The molecule has 0 saturated carbocycles. The van der Waals surface area contributed by atoms with Gasteiger partial charge in [-0.2, -0.15) is 0 Å². The third-order valence-electron chi connectivity index (χ3n) is 4.89. The molecule has 4 heteroatoms. The average Bonchev–Trinajstić information content (AvgIpc) is 3.05. The van der Waals surface area contributed by atoms with E-state index in [1.807, 2.05) is 24.3 Å². The van der Waals surface area contributed by atoms with Crippen LogP contribution in [-0.2, 0) is 11.2 Å². The van der Waals surface area contributed by atoms with Crippen molar-refractivity contribution in [2.75, 3.05) is 13.1 Å². The molecule has 0 radical (unpaired) electrons. The van der Waals surface area contributed by atoms with Gasteiger partial charge < -0.3 is 15.7 Å². The first kappa shape index (κ1) is 13.6. The second-order valence-electron chi connectivity index (χ2n) is 5.98. The van der Waals surface area contributed by atoms with Crippen LogP contribution in [0.25, 0.3) is 0 Å². The summed E-state index contributed by atoms with van der Waals surface area (Å²) in [5, 5.41) is 16.6. The topological polar surface area (TPSA) is 61.4 Å².